The first kappa shape index (κ1) is 18.3. The van der Waals surface area contributed by atoms with Crippen LogP contribution >= 0.6 is 0 Å². The first-order valence-electron chi connectivity index (χ1n) is 7.86. The van der Waals surface area contributed by atoms with E-state index in [1.165, 1.54) is 18.1 Å². The van der Waals surface area contributed by atoms with Crippen molar-refractivity contribution in [2.75, 3.05) is 32.3 Å². The SMILES string of the molecule is CCOc1ccc(C(=O)OCC(=O)N(C)c2ccccc2)cc1OC. The van der Waals surface area contributed by atoms with Crippen molar-refractivity contribution >= 4 is 17.6 Å². The number of methoxy groups -OCH3 is 1. The number of hydrogen-bond donors (Lipinski definition) is 0. The summed E-state index contributed by atoms with van der Waals surface area (Å²) in [5.41, 5.74) is 1.02. The number of carbonyl (C=O) groups excluding carboxylic acids is 2. The number of carbonyl (C=O) groups is 2. The average molecular weight is 343 g/mol. The highest BCUT2D eigenvalue weighted by Crippen LogP contribution is 2.28. The minimum absolute atomic E-state index is 0.287. The topological polar surface area (TPSA) is 65.1 Å². The summed E-state index contributed by atoms with van der Waals surface area (Å²) >= 11 is 0. The standard InChI is InChI=1S/C19H21NO5/c1-4-24-16-11-10-14(12-17(16)23-3)19(22)25-13-18(21)20(2)15-8-6-5-7-9-15/h5-12H,4,13H2,1-3H3. The fourth-order valence-electron chi connectivity index (χ4n) is 2.17. The molecule has 2 rings (SSSR count). The van der Waals surface area contributed by atoms with Gasteiger partial charge in [-0.1, -0.05) is 18.2 Å². The molecule has 6 nitrogen and oxygen atoms in total. The van der Waals surface area contributed by atoms with Crippen LogP contribution in [0, 0.1) is 0 Å². The summed E-state index contributed by atoms with van der Waals surface area (Å²) in [6, 6.07) is 13.9. The zero-order chi connectivity index (χ0) is 18.2. The van der Waals surface area contributed by atoms with E-state index in [-0.39, 0.29) is 18.1 Å². The van der Waals surface area contributed by atoms with Crippen LogP contribution < -0.4 is 14.4 Å². The highest BCUT2D eigenvalue weighted by molar-refractivity contribution is 5.96. The van der Waals surface area contributed by atoms with Crippen molar-refractivity contribution in [2.45, 2.75) is 6.92 Å². The number of ether oxygens (including phenoxy) is 3. The molecule has 0 atom stereocenters. The van der Waals surface area contributed by atoms with Crippen molar-refractivity contribution in [1.29, 1.82) is 0 Å². The van der Waals surface area contributed by atoms with Crippen molar-refractivity contribution in [1.82, 2.24) is 0 Å². The van der Waals surface area contributed by atoms with Gasteiger partial charge in [0.25, 0.3) is 5.91 Å². The predicted octanol–water partition coefficient (Wildman–Crippen LogP) is 2.91. The van der Waals surface area contributed by atoms with E-state index in [0.717, 1.165) is 5.69 Å². The Balaban J connectivity index is 1.99. The molecular weight excluding hydrogens is 322 g/mol. The van der Waals surface area contributed by atoms with Crippen molar-refractivity contribution in [3.63, 3.8) is 0 Å². The molecule has 0 radical (unpaired) electrons. The molecule has 2 aromatic carbocycles. The first-order chi connectivity index (χ1) is 12.1. The molecule has 2 aromatic rings. The number of para-hydroxylation sites is 1. The lowest BCUT2D eigenvalue weighted by Gasteiger charge is -2.17. The molecule has 0 aliphatic carbocycles. The van der Waals surface area contributed by atoms with E-state index in [2.05, 4.69) is 0 Å². The minimum atomic E-state index is -0.601. The van der Waals surface area contributed by atoms with Gasteiger partial charge in [-0.3, -0.25) is 4.79 Å². The van der Waals surface area contributed by atoms with Gasteiger partial charge in [-0.2, -0.15) is 0 Å². The second-order valence-electron chi connectivity index (χ2n) is 5.16. The van der Waals surface area contributed by atoms with Crippen LogP contribution in [0.5, 0.6) is 11.5 Å². The van der Waals surface area contributed by atoms with E-state index < -0.39 is 5.97 Å². The lowest BCUT2D eigenvalue weighted by atomic mass is 10.2. The van der Waals surface area contributed by atoms with Crippen LogP contribution in [0.3, 0.4) is 0 Å². The third kappa shape index (κ3) is 4.73. The molecule has 0 aliphatic rings. The van der Waals surface area contributed by atoms with E-state index in [9.17, 15) is 9.59 Å². The van der Waals surface area contributed by atoms with E-state index in [1.807, 2.05) is 25.1 Å². The van der Waals surface area contributed by atoms with Crippen LogP contribution in [0.15, 0.2) is 48.5 Å². The molecule has 0 saturated carbocycles. The number of benzene rings is 2. The number of esters is 1. The lowest BCUT2D eigenvalue weighted by molar-refractivity contribution is -0.121. The Hall–Kier alpha value is -3.02. The van der Waals surface area contributed by atoms with Crippen molar-refractivity contribution in [3.05, 3.63) is 54.1 Å². The van der Waals surface area contributed by atoms with Gasteiger partial charge >= 0.3 is 5.97 Å². The smallest absolute Gasteiger partial charge is 0.338 e. The van der Waals surface area contributed by atoms with E-state index in [4.69, 9.17) is 14.2 Å². The molecule has 6 heteroatoms. The normalized spacial score (nSPS) is 10.0. The number of anilines is 1. The fraction of sp³-hybridized carbons (Fsp3) is 0.263. The van der Waals surface area contributed by atoms with Gasteiger partial charge in [0.05, 0.1) is 19.3 Å². The molecule has 25 heavy (non-hydrogen) atoms. The van der Waals surface area contributed by atoms with Gasteiger partial charge < -0.3 is 19.1 Å². The Labute approximate surface area is 146 Å². The Morgan fingerprint density at radius 3 is 2.40 bits per heavy atom. The zero-order valence-electron chi connectivity index (χ0n) is 14.5. The van der Waals surface area contributed by atoms with Crippen molar-refractivity contribution < 1.29 is 23.8 Å². The summed E-state index contributed by atoms with van der Waals surface area (Å²) in [5.74, 6) is 0.0547. The maximum atomic E-state index is 12.2. The molecule has 0 heterocycles. The molecule has 0 N–H and O–H groups in total. The maximum Gasteiger partial charge on any atom is 0.338 e. The zero-order valence-corrected chi connectivity index (χ0v) is 14.5. The van der Waals surface area contributed by atoms with Crippen LogP contribution in [0.1, 0.15) is 17.3 Å². The van der Waals surface area contributed by atoms with Gasteiger partial charge in [-0.05, 0) is 37.3 Å². The summed E-state index contributed by atoms with van der Waals surface area (Å²) in [5, 5.41) is 0. The van der Waals surface area contributed by atoms with Crippen LogP contribution in [0.2, 0.25) is 0 Å². The van der Waals surface area contributed by atoms with Gasteiger partial charge in [-0.25, -0.2) is 4.79 Å². The Morgan fingerprint density at radius 1 is 1.04 bits per heavy atom. The predicted molar refractivity (Wildman–Crippen MR) is 94.3 cm³/mol. The molecule has 0 bridgehead atoms. The second kappa shape index (κ2) is 8.73. The van der Waals surface area contributed by atoms with E-state index in [1.54, 1.807) is 31.3 Å². The Kier molecular flexibility index (Phi) is 6.39. The lowest BCUT2D eigenvalue weighted by Crippen LogP contribution is -2.31. The van der Waals surface area contributed by atoms with E-state index >= 15 is 0 Å². The number of amides is 1. The summed E-state index contributed by atoms with van der Waals surface area (Å²) in [4.78, 5) is 25.7. The quantitative estimate of drug-likeness (QED) is 0.723. The summed E-state index contributed by atoms with van der Waals surface area (Å²) < 4.78 is 15.7. The van der Waals surface area contributed by atoms with Crippen LogP contribution in [-0.2, 0) is 9.53 Å². The molecule has 1 amide bonds. The average Bonchev–Trinajstić information content (AvgIpc) is 2.66. The number of hydrogen-bond acceptors (Lipinski definition) is 5. The minimum Gasteiger partial charge on any atom is -0.493 e. The molecular formula is C19H21NO5. The monoisotopic (exact) mass is 343 g/mol. The summed E-state index contributed by atoms with van der Waals surface area (Å²) in [7, 11) is 3.12. The summed E-state index contributed by atoms with van der Waals surface area (Å²) in [6.07, 6.45) is 0. The molecule has 0 fully saturated rings. The van der Waals surface area contributed by atoms with Crippen molar-refractivity contribution in [3.8, 4) is 11.5 Å². The van der Waals surface area contributed by atoms with Gasteiger partial charge in [0.15, 0.2) is 18.1 Å². The maximum absolute atomic E-state index is 12.2. The van der Waals surface area contributed by atoms with Crippen LogP contribution in [-0.4, -0.2) is 39.2 Å². The summed E-state index contributed by atoms with van der Waals surface area (Å²) in [6.45, 7) is 2.00. The van der Waals surface area contributed by atoms with E-state index in [0.29, 0.717) is 18.1 Å². The first-order valence-corrected chi connectivity index (χ1v) is 7.86. The van der Waals surface area contributed by atoms with Gasteiger partial charge in [-0.15, -0.1) is 0 Å². The third-order valence-electron chi connectivity index (χ3n) is 3.54. The number of nitrogens with zero attached hydrogens (tertiary/aromatic N) is 1. The number of likely N-dealkylation sites (N-methyl/N-ethyl adjacent to an activating group) is 1. The number of rotatable bonds is 7. The Morgan fingerprint density at radius 2 is 1.76 bits per heavy atom. The molecule has 0 spiro atoms. The fourth-order valence-corrected chi connectivity index (χ4v) is 2.17. The largest absolute Gasteiger partial charge is 0.493 e. The highest BCUT2D eigenvalue weighted by atomic mass is 16.5. The van der Waals surface area contributed by atoms with Crippen LogP contribution in [0.4, 0.5) is 5.69 Å². The highest BCUT2D eigenvalue weighted by Gasteiger charge is 2.16. The van der Waals surface area contributed by atoms with Gasteiger partial charge in [0.2, 0.25) is 0 Å². The van der Waals surface area contributed by atoms with Crippen LogP contribution in [0.25, 0.3) is 0 Å². The van der Waals surface area contributed by atoms with Crippen molar-refractivity contribution in [2.24, 2.45) is 0 Å². The molecule has 132 valence electrons. The molecule has 0 unspecified atom stereocenters. The molecule has 0 saturated heterocycles. The molecule has 0 aliphatic heterocycles. The second-order valence-corrected chi connectivity index (χ2v) is 5.16. The Bertz CT molecular complexity index is 730. The van der Waals surface area contributed by atoms with Gasteiger partial charge in [0, 0.05) is 12.7 Å². The third-order valence-corrected chi connectivity index (χ3v) is 3.54. The van der Waals surface area contributed by atoms with Gasteiger partial charge in [0.1, 0.15) is 0 Å². The molecule has 0 aromatic heterocycles.